The van der Waals surface area contributed by atoms with Crippen molar-refractivity contribution in [2.75, 3.05) is 0 Å². The number of hydrogen-bond acceptors (Lipinski definition) is 2. The van der Waals surface area contributed by atoms with Gasteiger partial charge in [0.15, 0.2) is 0 Å². The summed E-state index contributed by atoms with van der Waals surface area (Å²) in [7, 11) is 0. The highest BCUT2D eigenvalue weighted by Gasteiger charge is 2.20. The number of rotatable bonds is 5. The minimum Gasteiger partial charge on any atom is -0.326 e. The maximum atomic E-state index is 13.1. The summed E-state index contributed by atoms with van der Waals surface area (Å²) in [6, 6.07) is 13.2. The summed E-state index contributed by atoms with van der Waals surface area (Å²) in [5.41, 5.74) is 9.90. The van der Waals surface area contributed by atoms with Crippen molar-refractivity contribution < 1.29 is 4.39 Å². The fraction of sp³-hybridized carbons (Fsp3) is 0.333. The molecule has 1 nitrogen and oxygen atoms in total. The van der Waals surface area contributed by atoms with Crippen LogP contribution in [-0.2, 0) is 0 Å². The predicted octanol–water partition coefficient (Wildman–Crippen LogP) is 5.01. The molecule has 0 aliphatic carbocycles. The van der Waals surface area contributed by atoms with Crippen molar-refractivity contribution in [3.63, 3.8) is 0 Å². The Morgan fingerprint density at radius 2 is 1.76 bits per heavy atom. The van der Waals surface area contributed by atoms with E-state index in [-0.39, 0.29) is 17.1 Å². The number of nitrogens with two attached hydrogens (primary N) is 1. The van der Waals surface area contributed by atoms with Crippen LogP contribution in [-0.4, -0.2) is 6.04 Å². The molecule has 2 atom stereocenters. The summed E-state index contributed by atoms with van der Waals surface area (Å²) in [5, 5.41) is 0.136. The van der Waals surface area contributed by atoms with Gasteiger partial charge in [-0.3, -0.25) is 0 Å². The van der Waals surface area contributed by atoms with Gasteiger partial charge in [0.1, 0.15) is 5.82 Å². The lowest BCUT2D eigenvalue weighted by molar-refractivity contribution is 0.617. The molecule has 0 radical (unpaired) electrons. The zero-order valence-corrected chi connectivity index (χ0v) is 13.6. The van der Waals surface area contributed by atoms with E-state index in [2.05, 4.69) is 39.0 Å². The molecule has 21 heavy (non-hydrogen) atoms. The molecule has 0 aliphatic heterocycles. The topological polar surface area (TPSA) is 26.0 Å². The lowest BCUT2D eigenvalue weighted by atomic mass is 10.0. The summed E-state index contributed by atoms with van der Waals surface area (Å²) in [5.74, 6) is -0.209. The average molecular weight is 303 g/mol. The maximum Gasteiger partial charge on any atom is 0.123 e. The van der Waals surface area contributed by atoms with Gasteiger partial charge in [0.2, 0.25) is 0 Å². The molecule has 0 fully saturated rings. The highest BCUT2D eigenvalue weighted by atomic mass is 32.2. The van der Waals surface area contributed by atoms with Gasteiger partial charge >= 0.3 is 0 Å². The van der Waals surface area contributed by atoms with Crippen molar-refractivity contribution >= 4 is 11.8 Å². The Balaban J connectivity index is 2.30. The van der Waals surface area contributed by atoms with Gasteiger partial charge in [0.05, 0.1) is 0 Å². The van der Waals surface area contributed by atoms with E-state index in [0.29, 0.717) is 0 Å². The van der Waals surface area contributed by atoms with E-state index in [0.717, 1.165) is 12.0 Å². The van der Waals surface area contributed by atoms with Crippen LogP contribution in [0.5, 0.6) is 0 Å². The number of benzene rings is 2. The van der Waals surface area contributed by atoms with Crippen LogP contribution < -0.4 is 5.73 Å². The van der Waals surface area contributed by atoms with Gasteiger partial charge in [-0.25, -0.2) is 4.39 Å². The Kier molecular flexibility index (Phi) is 5.43. The second-order valence-corrected chi connectivity index (χ2v) is 6.61. The van der Waals surface area contributed by atoms with E-state index in [1.54, 1.807) is 11.8 Å². The average Bonchev–Trinajstić information content (AvgIpc) is 2.47. The zero-order valence-electron chi connectivity index (χ0n) is 12.8. The molecule has 2 rings (SSSR count). The molecule has 0 aromatic heterocycles. The van der Waals surface area contributed by atoms with Gasteiger partial charge < -0.3 is 5.73 Å². The third-order valence-electron chi connectivity index (χ3n) is 3.64. The van der Waals surface area contributed by atoms with Gasteiger partial charge in [-0.2, -0.15) is 0 Å². The molecule has 112 valence electrons. The lowest BCUT2D eigenvalue weighted by Gasteiger charge is -2.24. The Hall–Kier alpha value is -1.32. The van der Waals surface area contributed by atoms with E-state index in [1.807, 2.05) is 12.1 Å². The molecule has 0 amide bonds. The smallest absolute Gasteiger partial charge is 0.123 e. The quantitative estimate of drug-likeness (QED) is 0.785. The van der Waals surface area contributed by atoms with E-state index < -0.39 is 0 Å². The molecule has 0 spiro atoms. The monoisotopic (exact) mass is 303 g/mol. The third-order valence-corrected chi connectivity index (χ3v) is 5.23. The van der Waals surface area contributed by atoms with Crippen LogP contribution in [0.2, 0.25) is 0 Å². The van der Waals surface area contributed by atoms with Crippen LogP contribution in [0.3, 0.4) is 0 Å². The van der Waals surface area contributed by atoms with Gasteiger partial charge in [-0.1, -0.05) is 36.8 Å². The van der Waals surface area contributed by atoms with Crippen LogP contribution in [0.15, 0.2) is 47.4 Å². The first kappa shape index (κ1) is 16.1. The van der Waals surface area contributed by atoms with Crippen LogP contribution in [0.1, 0.15) is 35.3 Å². The first-order valence-electron chi connectivity index (χ1n) is 7.26. The molecule has 0 saturated heterocycles. The van der Waals surface area contributed by atoms with Gasteiger partial charge in [-0.05, 0) is 49.6 Å². The van der Waals surface area contributed by atoms with Crippen molar-refractivity contribution in [1.82, 2.24) is 0 Å². The second-order valence-electron chi connectivity index (χ2n) is 5.43. The maximum absolute atomic E-state index is 13.1. The molecule has 2 unspecified atom stereocenters. The molecule has 2 aromatic rings. The molecular weight excluding hydrogens is 281 g/mol. The molecule has 2 aromatic carbocycles. The van der Waals surface area contributed by atoms with E-state index in [1.165, 1.54) is 28.2 Å². The SMILES string of the molecule is CCC(N)C(Sc1ccc(C)cc1C)c1ccc(F)cc1. The number of halogens is 1. The molecule has 0 saturated carbocycles. The third kappa shape index (κ3) is 4.08. The van der Waals surface area contributed by atoms with Crippen molar-refractivity contribution in [2.45, 2.75) is 43.4 Å². The lowest BCUT2D eigenvalue weighted by Crippen LogP contribution is -2.25. The van der Waals surface area contributed by atoms with Crippen LogP contribution >= 0.6 is 11.8 Å². The molecular formula is C18H22FNS. The van der Waals surface area contributed by atoms with Gasteiger partial charge in [-0.15, -0.1) is 11.8 Å². The molecule has 0 heterocycles. The highest BCUT2D eigenvalue weighted by molar-refractivity contribution is 7.99. The van der Waals surface area contributed by atoms with E-state index in [4.69, 9.17) is 5.73 Å². The van der Waals surface area contributed by atoms with Crippen LogP contribution in [0.25, 0.3) is 0 Å². The Labute approximate surface area is 130 Å². The first-order chi connectivity index (χ1) is 10.0. The van der Waals surface area contributed by atoms with E-state index >= 15 is 0 Å². The molecule has 3 heteroatoms. The summed E-state index contributed by atoms with van der Waals surface area (Å²) in [6.45, 7) is 6.30. The van der Waals surface area contributed by atoms with Crippen molar-refractivity contribution in [3.05, 3.63) is 65.0 Å². The second kappa shape index (κ2) is 7.10. The molecule has 0 aliphatic rings. The minimum atomic E-state index is -0.209. The Morgan fingerprint density at radius 1 is 1.10 bits per heavy atom. The summed E-state index contributed by atoms with van der Waals surface area (Å²) < 4.78 is 13.1. The van der Waals surface area contributed by atoms with Crippen LogP contribution in [0, 0.1) is 19.7 Å². The Morgan fingerprint density at radius 3 is 2.33 bits per heavy atom. The predicted molar refractivity (Wildman–Crippen MR) is 89.2 cm³/mol. The summed E-state index contributed by atoms with van der Waals surface area (Å²) >= 11 is 1.77. The zero-order chi connectivity index (χ0) is 15.4. The highest BCUT2D eigenvalue weighted by Crippen LogP contribution is 2.39. The fourth-order valence-electron chi connectivity index (χ4n) is 2.34. The van der Waals surface area contributed by atoms with Gasteiger partial charge in [0.25, 0.3) is 0 Å². The van der Waals surface area contributed by atoms with Crippen molar-refractivity contribution in [2.24, 2.45) is 5.73 Å². The largest absolute Gasteiger partial charge is 0.326 e. The first-order valence-corrected chi connectivity index (χ1v) is 8.14. The van der Waals surface area contributed by atoms with E-state index in [9.17, 15) is 4.39 Å². The number of aryl methyl sites for hydroxylation is 2. The van der Waals surface area contributed by atoms with Gasteiger partial charge in [0, 0.05) is 16.2 Å². The number of hydrogen-bond donors (Lipinski definition) is 1. The normalized spacial score (nSPS) is 14.0. The molecule has 0 bridgehead atoms. The summed E-state index contributed by atoms with van der Waals surface area (Å²) in [4.78, 5) is 1.24. The standard InChI is InChI=1S/C18H22FNS/c1-4-16(20)18(14-6-8-15(19)9-7-14)21-17-10-5-12(2)11-13(17)3/h5-11,16,18H,4,20H2,1-3H3. The molecule has 2 N–H and O–H groups in total. The van der Waals surface area contributed by atoms with Crippen molar-refractivity contribution in [1.29, 1.82) is 0 Å². The Bertz CT molecular complexity index is 595. The number of thioether (sulfide) groups is 1. The van der Waals surface area contributed by atoms with Crippen LogP contribution in [0.4, 0.5) is 4.39 Å². The summed E-state index contributed by atoms with van der Waals surface area (Å²) in [6.07, 6.45) is 0.889. The van der Waals surface area contributed by atoms with Crippen molar-refractivity contribution in [3.8, 4) is 0 Å². The fourth-order valence-corrected chi connectivity index (χ4v) is 3.66. The minimum absolute atomic E-state index is 0.0427.